The fourth-order valence-electron chi connectivity index (χ4n) is 2.89. The van der Waals surface area contributed by atoms with Gasteiger partial charge in [-0.05, 0) is 46.5 Å². The molecule has 0 aromatic carbocycles. The molecule has 12 nitrogen and oxygen atoms in total. The van der Waals surface area contributed by atoms with Crippen LogP contribution >= 0.6 is 22.7 Å². The van der Waals surface area contributed by atoms with E-state index in [1.807, 2.05) is 24.3 Å². The third kappa shape index (κ3) is 7.48. The van der Waals surface area contributed by atoms with Crippen LogP contribution in [-0.4, -0.2) is 36.9 Å². The average Bonchev–Trinajstić information content (AvgIpc) is 3.65. The Morgan fingerprint density at radius 2 is 1.53 bits per heavy atom. The maximum absolute atomic E-state index is 11.8. The van der Waals surface area contributed by atoms with Crippen LogP contribution in [0.4, 0.5) is 10.6 Å². The minimum atomic E-state index is -0.668. The maximum Gasteiger partial charge on any atom is 0.320 e. The number of pyridine rings is 3. The lowest BCUT2D eigenvalue weighted by Crippen LogP contribution is -2.28. The van der Waals surface area contributed by atoms with Gasteiger partial charge in [0.2, 0.25) is 0 Å². The molecule has 0 radical (unpaired) electrons. The zero-order valence-corrected chi connectivity index (χ0v) is 21.1. The number of anilines is 1. The number of hydrogen-bond acceptors (Lipinski definition) is 9. The first kappa shape index (κ1) is 26.0. The van der Waals surface area contributed by atoms with E-state index in [9.17, 15) is 9.59 Å². The van der Waals surface area contributed by atoms with E-state index < -0.39 is 5.91 Å². The summed E-state index contributed by atoms with van der Waals surface area (Å²) in [6, 6.07) is 10.8. The average molecular weight is 543 g/mol. The van der Waals surface area contributed by atoms with E-state index in [4.69, 9.17) is 5.53 Å². The molecule has 0 spiro atoms. The summed E-state index contributed by atoms with van der Waals surface area (Å²) in [6.07, 6.45) is 10.1. The van der Waals surface area contributed by atoms with E-state index >= 15 is 0 Å². The first-order chi connectivity index (χ1) is 18.6. The quantitative estimate of drug-likeness (QED) is 0.160. The molecule has 0 saturated heterocycles. The molecule has 0 fully saturated rings. The fourth-order valence-corrected chi connectivity index (χ4v) is 4.45. The van der Waals surface area contributed by atoms with E-state index in [1.54, 1.807) is 60.1 Å². The van der Waals surface area contributed by atoms with E-state index in [1.165, 1.54) is 22.7 Å². The predicted octanol–water partition coefficient (Wildman–Crippen LogP) is 5.58. The monoisotopic (exact) mass is 542 g/mol. The van der Waals surface area contributed by atoms with Crippen LogP contribution in [0.2, 0.25) is 0 Å². The molecule has 0 aliphatic rings. The second kappa shape index (κ2) is 13.3. The highest BCUT2D eigenvalue weighted by atomic mass is 32.1. The van der Waals surface area contributed by atoms with Gasteiger partial charge in [-0.2, -0.15) is 0 Å². The number of urea groups is 1. The van der Waals surface area contributed by atoms with E-state index in [-0.39, 0.29) is 11.7 Å². The van der Waals surface area contributed by atoms with Crippen molar-refractivity contribution in [3.8, 4) is 21.1 Å². The van der Waals surface area contributed by atoms with Crippen LogP contribution in [-0.2, 0) is 6.54 Å². The Hall–Kier alpha value is -5.04. The van der Waals surface area contributed by atoms with Gasteiger partial charge < -0.3 is 5.32 Å². The number of amides is 3. The second-order valence-electron chi connectivity index (χ2n) is 7.21. The number of carbonyl (C=O) groups is 2. The molecular formula is C24H18N10O2S2. The van der Waals surface area contributed by atoms with Gasteiger partial charge in [-0.3, -0.25) is 25.1 Å². The smallest absolute Gasteiger partial charge is 0.320 e. The highest BCUT2D eigenvalue weighted by Gasteiger charge is 2.10. The number of carbonyl (C=O) groups excluding carboxylic acids is 2. The van der Waals surface area contributed by atoms with Crippen molar-refractivity contribution in [3.05, 3.63) is 106 Å². The van der Waals surface area contributed by atoms with Crippen molar-refractivity contribution in [1.29, 1.82) is 0 Å². The van der Waals surface area contributed by atoms with Gasteiger partial charge in [0.05, 0.1) is 0 Å². The van der Waals surface area contributed by atoms with Gasteiger partial charge in [0, 0.05) is 70.5 Å². The van der Waals surface area contributed by atoms with Crippen LogP contribution in [0.25, 0.3) is 31.6 Å². The van der Waals surface area contributed by atoms with Crippen molar-refractivity contribution in [3.63, 3.8) is 0 Å². The first-order valence-corrected chi connectivity index (χ1v) is 12.6. The lowest BCUT2D eigenvalue weighted by Gasteiger charge is -2.05. The van der Waals surface area contributed by atoms with Crippen molar-refractivity contribution in [2.24, 2.45) is 5.11 Å². The van der Waals surface area contributed by atoms with E-state index in [0.717, 1.165) is 21.7 Å². The van der Waals surface area contributed by atoms with Crippen LogP contribution < -0.4 is 10.6 Å². The van der Waals surface area contributed by atoms with Crippen molar-refractivity contribution >= 4 is 40.4 Å². The van der Waals surface area contributed by atoms with Gasteiger partial charge in [-0.25, -0.2) is 14.8 Å². The van der Waals surface area contributed by atoms with Crippen molar-refractivity contribution in [2.75, 3.05) is 5.32 Å². The summed E-state index contributed by atoms with van der Waals surface area (Å²) >= 11 is 2.78. The molecule has 0 bridgehead atoms. The Kier molecular flexibility index (Phi) is 9.12. The molecule has 5 aromatic heterocycles. The van der Waals surface area contributed by atoms with Gasteiger partial charge >= 0.3 is 6.03 Å². The largest absolute Gasteiger partial charge is 0.334 e. The molecule has 0 aliphatic carbocycles. The zero-order chi connectivity index (χ0) is 26.6. The normalized spacial score (nSPS) is 9.89. The summed E-state index contributed by atoms with van der Waals surface area (Å²) in [7, 11) is 0. The summed E-state index contributed by atoms with van der Waals surface area (Å²) in [6.45, 7) is 0.418. The Morgan fingerprint density at radius 1 is 0.868 bits per heavy atom. The van der Waals surface area contributed by atoms with Crippen LogP contribution in [0, 0.1) is 0 Å². The van der Waals surface area contributed by atoms with Crippen LogP contribution in [0.5, 0.6) is 0 Å². The van der Waals surface area contributed by atoms with Gasteiger partial charge in [0.15, 0.2) is 0 Å². The van der Waals surface area contributed by atoms with Crippen LogP contribution in [0.1, 0.15) is 16.1 Å². The zero-order valence-electron chi connectivity index (χ0n) is 19.5. The molecule has 0 unspecified atom stereocenters. The molecule has 5 heterocycles. The molecule has 5 aromatic rings. The number of aromatic nitrogens is 5. The number of rotatable bonds is 6. The Bertz CT molecular complexity index is 1540. The minimum Gasteiger partial charge on any atom is -0.334 e. The number of nitrogens with zero attached hydrogens (tertiary/aromatic N) is 8. The summed E-state index contributed by atoms with van der Waals surface area (Å²) in [5.41, 5.74) is 11.1. The van der Waals surface area contributed by atoms with Crippen LogP contribution in [0.3, 0.4) is 0 Å². The fraction of sp³-hybridized carbons (Fsp3) is 0.0417. The second-order valence-corrected chi connectivity index (χ2v) is 8.93. The maximum atomic E-state index is 11.8. The minimum absolute atomic E-state index is 0.162. The van der Waals surface area contributed by atoms with Crippen LogP contribution in [0.15, 0.2) is 89.5 Å². The molecular weight excluding hydrogens is 524 g/mol. The van der Waals surface area contributed by atoms with E-state index in [2.05, 4.69) is 45.6 Å². The molecule has 0 aliphatic heterocycles. The Balaban J connectivity index is 0.000000186. The molecule has 14 heteroatoms. The molecule has 38 heavy (non-hydrogen) atoms. The summed E-state index contributed by atoms with van der Waals surface area (Å²) in [5.74, 6) is -0.139. The number of nitrogens with one attached hydrogen (secondary N) is 2. The van der Waals surface area contributed by atoms with Gasteiger partial charge in [0.25, 0.3) is 5.91 Å². The molecule has 5 rings (SSSR count). The topological polar surface area (TPSA) is 171 Å². The highest BCUT2D eigenvalue weighted by Crippen LogP contribution is 2.25. The Labute approximate surface area is 224 Å². The Morgan fingerprint density at radius 3 is 2.16 bits per heavy atom. The van der Waals surface area contributed by atoms with Gasteiger partial charge in [-0.15, -0.1) is 22.7 Å². The van der Waals surface area contributed by atoms with Crippen molar-refractivity contribution in [1.82, 2.24) is 30.2 Å². The van der Waals surface area contributed by atoms with Crippen molar-refractivity contribution < 1.29 is 9.59 Å². The van der Waals surface area contributed by atoms with Gasteiger partial charge in [0.1, 0.15) is 21.5 Å². The van der Waals surface area contributed by atoms with Gasteiger partial charge in [-0.1, -0.05) is 6.07 Å². The molecule has 0 saturated carbocycles. The summed E-state index contributed by atoms with van der Waals surface area (Å²) < 4.78 is 0. The molecule has 188 valence electrons. The number of azide groups is 1. The third-order valence-electron chi connectivity index (χ3n) is 4.64. The molecule has 3 amide bonds. The van der Waals surface area contributed by atoms with Crippen molar-refractivity contribution in [2.45, 2.75) is 6.54 Å². The number of hydrogen-bond donors (Lipinski definition) is 2. The molecule has 0 atom stereocenters. The lowest BCUT2D eigenvalue weighted by molar-refractivity contribution is 0.0996. The summed E-state index contributed by atoms with van der Waals surface area (Å²) in [4.78, 5) is 45.8. The standard InChI is InChI=1S/C15H13N5OS.C9H5N5OS/c21-15(18-9-11-2-1-5-17-8-11)20-13-10-22-14(19-13)12-3-6-16-7-4-12;10-14-13-8(15)7-5-16-9(12-7)6-1-3-11-4-2-6/h1-8,10H,9H2,(H2,18,20,21);1-5H. The summed E-state index contributed by atoms with van der Waals surface area (Å²) in [5, 5.41) is 13.4. The predicted molar refractivity (Wildman–Crippen MR) is 144 cm³/mol. The van der Waals surface area contributed by atoms with E-state index in [0.29, 0.717) is 17.4 Å². The first-order valence-electron chi connectivity index (χ1n) is 10.9. The highest BCUT2D eigenvalue weighted by molar-refractivity contribution is 7.13. The number of thiazole rings is 2. The lowest BCUT2D eigenvalue weighted by atomic mass is 10.3. The SMILES string of the molecule is O=C(NCc1cccnc1)Nc1csc(-c2ccncc2)n1.[N-]=[N+]=NC(=O)c1csc(-c2ccncc2)n1. The third-order valence-corrected chi connectivity index (χ3v) is 6.42. The molecule has 2 N–H and O–H groups in total.